The maximum atomic E-state index is 12.9. The molecular weight excluding hydrogens is 397 g/mol. The Morgan fingerprint density at radius 3 is 2.53 bits per heavy atom. The van der Waals surface area contributed by atoms with Crippen LogP contribution in [0.25, 0.3) is 0 Å². The van der Waals surface area contributed by atoms with Crippen LogP contribution in [-0.2, 0) is 10.9 Å². The summed E-state index contributed by atoms with van der Waals surface area (Å²) in [4.78, 5) is 20.1. The molecule has 0 unspecified atom stereocenters. The van der Waals surface area contributed by atoms with Gasteiger partial charge in [0.05, 0.1) is 29.0 Å². The lowest BCUT2D eigenvalue weighted by atomic mass is 10.1. The van der Waals surface area contributed by atoms with E-state index >= 15 is 0 Å². The molecule has 0 spiro atoms. The number of carbonyl (C=O) groups is 1. The second kappa shape index (κ2) is 9.03. The number of benzene rings is 1. The van der Waals surface area contributed by atoms with Crippen molar-refractivity contribution in [3.63, 3.8) is 0 Å². The Hall–Kier alpha value is -3.28. The van der Waals surface area contributed by atoms with Gasteiger partial charge in [-0.1, -0.05) is 0 Å². The summed E-state index contributed by atoms with van der Waals surface area (Å²) in [6.07, 6.45) is -2.27. The monoisotopic (exact) mass is 418 g/mol. The number of rotatable bonds is 4. The van der Waals surface area contributed by atoms with Gasteiger partial charge in [-0.2, -0.15) is 18.4 Å². The molecule has 0 bridgehead atoms. The van der Waals surface area contributed by atoms with Crippen molar-refractivity contribution in [3.8, 4) is 6.07 Å². The van der Waals surface area contributed by atoms with E-state index in [0.29, 0.717) is 43.2 Å². The summed E-state index contributed by atoms with van der Waals surface area (Å²) in [6, 6.07) is 8.56. The SMILES string of the molecule is CCOC(=O)c1ccc(N2CCCN(c3ccc(C(F)(F)F)cc3C#N)CC2)nc1. The number of pyridine rings is 1. The fraction of sp³-hybridized carbons (Fsp3) is 0.381. The van der Waals surface area contributed by atoms with Crippen molar-refractivity contribution in [2.24, 2.45) is 0 Å². The molecule has 158 valence electrons. The molecular formula is C21H21F3N4O2. The highest BCUT2D eigenvalue weighted by molar-refractivity contribution is 5.89. The number of aromatic nitrogens is 1. The zero-order valence-electron chi connectivity index (χ0n) is 16.4. The Morgan fingerprint density at radius 1 is 1.17 bits per heavy atom. The molecule has 1 aromatic carbocycles. The molecule has 3 rings (SSSR count). The highest BCUT2D eigenvalue weighted by Gasteiger charge is 2.31. The van der Waals surface area contributed by atoms with E-state index in [1.165, 1.54) is 12.3 Å². The lowest BCUT2D eigenvalue weighted by Crippen LogP contribution is -2.31. The Labute approximate surface area is 172 Å². The summed E-state index contributed by atoms with van der Waals surface area (Å²) in [7, 11) is 0. The van der Waals surface area contributed by atoms with Crippen molar-refractivity contribution in [3.05, 3.63) is 53.2 Å². The highest BCUT2D eigenvalue weighted by atomic mass is 19.4. The molecule has 1 aliphatic heterocycles. The fourth-order valence-electron chi connectivity index (χ4n) is 3.37. The average Bonchev–Trinajstić information content (AvgIpc) is 2.99. The van der Waals surface area contributed by atoms with Crippen LogP contribution in [-0.4, -0.2) is 43.7 Å². The lowest BCUT2D eigenvalue weighted by Gasteiger charge is -2.25. The van der Waals surface area contributed by atoms with E-state index < -0.39 is 17.7 Å². The van der Waals surface area contributed by atoms with Gasteiger partial charge in [0.2, 0.25) is 0 Å². The summed E-state index contributed by atoms with van der Waals surface area (Å²) < 4.78 is 43.8. The van der Waals surface area contributed by atoms with Crippen LogP contribution in [0.4, 0.5) is 24.7 Å². The third-order valence-corrected chi connectivity index (χ3v) is 4.86. The van der Waals surface area contributed by atoms with E-state index in [1.807, 2.05) is 15.9 Å². The van der Waals surface area contributed by atoms with E-state index in [0.717, 1.165) is 18.6 Å². The number of nitrogens with zero attached hydrogens (tertiary/aromatic N) is 4. The molecule has 1 fully saturated rings. The molecule has 9 heteroatoms. The number of hydrogen-bond donors (Lipinski definition) is 0. The number of alkyl halides is 3. The van der Waals surface area contributed by atoms with E-state index in [1.54, 1.807) is 19.1 Å². The molecule has 30 heavy (non-hydrogen) atoms. The first-order chi connectivity index (χ1) is 14.3. The maximum Gasteiger partial charge on any atom is 0.416 e. The third-order valence-electron chi connectivity index (χ3n) is 4.86. The second-order valence-electron chi connectivity index (χ2n) is 6.79. The molecule has 0 saturated carbocycles. The molecule has 1 saturated heterocycles. The summed E-state index contributed by atoms with van der Waals surface area (Å²) in [5.74, 6) is 0.280. The van der Waals surface area contributed by atoms with Gasteiger partial charge in [0.15, 0.2) is 0 Å². The number of halogens is 3. The van der Waals surface area contributed by atoms with Gasteiger partial charge in [0.1, 0.15) is 11.9 Å². The Bertz CT molecular complexity index is 939. The largest absolute Gasteiger partial charge is 0.462 e. The van der Waals surface area contributed by atoms with Gasteiger partial charge in [-0.3, -0.25) is 0 Å². The molecule has 1 aliphatic rings. The molecule has 0 aliphatic carbocycles. The molecule has 2 aromatic rings. The number of esters is 1. The first-order valence-electron chi connectivity index (χ1n) is 9.58. The summed E-state index contributed by atoms with van der Waals surface area (Å²) in [5, 5.41) is 9.35. The molecule has 0 N–H and O–H groups in total. The number of hydrogen-bond acceptors (Lipinski definition) is 6. The van der Waals surface area contributed by atoms with Crippen LogP contribution in [0.15, 0.2) is 36.5 Å². The zero-order valence-corrected chi connectivity index (χ0v) is 16.4. The third kappa shape index (κ3) is 4.82. The number of anilines is 2. The standard InChI is InChI=1S/C21H21F3N4O2/c1-2-30-20(29)15-4-7-19(26-14-15)28-9-3-8-27(10-11-28)18-6-5-17(21(22,23)24)12-16(18)13-25/h4-7,12,14H,2-3,8-11H2,1H3. The van der Waals surface area contributed by atoms with Crippen LogP contribution in [0.2, 0.25) is 0 Å². The fourth-order valence-corrected chi connectivity index (χ4v) is 3.37. The van der Waals surface area contributed by atoms with E-state index in [-0.39, 0.29) is 12.2 Å². The van der Waals surface area contributed by atoms with Gasteiger partial charge < -0.3 is 14.5 Å². The molecule has 0 atom stereocenters. The smallest absolute Gasteiger partial charge is 0.416 e. The molecule has 2 heterocycles. The van der Waals surface area contributed by atoms with Crippen molar-refractivity contribution in [2.75, 3.05) is 42.6 Å². The van der Waals surface area contributed by atoms with E-state index in [4.69, 9.17) is 4.74 Å². The summed E-state index contributed by atoms with van der Waals surface area (Å²) >= 11 is 0. The molecule has 6 nitrogen and oxygen atoms in total. The summed E-state index contributed by atoms with van der Waals surface area (Å²) in [5.41, 5.74) is 0.0544. The predicted octanol–water partition coefficient (Wildman–Crippen LogP) is 3.87. The van der Waals surface area contributed by atoms with Crippen LogP contribution in [0.3, 0.4) is 0 Å². The molecule has 0 amide bonds. The van der Waals surface area contributed by atoms with Crippen LogP contribution in [0, 0.1) is 11.3 Å². The van der Waals surface area contributed by atoms with Gasteiger partial charge in [-0.15, -0.1) is 0 Å². The van der Waals surface area contributed by atoms with Gasteiger partial charge in [0.25, 0.3) is 0 Å². The van der Waals surface area contributed by atoms with Gasteiger partial charge in [0, 0.05) is 32.4 Å². The number of carbonyl (C=O) groups excluding carboxylic acids is 1. The summed E-state index contributed by atoms with van der Waals surface area (Å²) in [6.45, 7) is 4.44. The maximum absolute atomic E-state index is 12.9. The first kappa shape index (κ1) is 21.4. The zero-order chi connectivity index (χ0) is 21.7. The van der Waals surface area contributed by atoms with Crippen LogP contribution in [0.1, 0.15) is 34.8 Å². The highest BCUT2D eigenvalue weighted by Crippen LogP contribution is 2.33. The van der Waals surface area contributed by atoms with Crippen molar-refractivity contribution >= 4 is 17.5 Å². The molecule has 0 radical (unpaired) electrons. The van der Waals surface area contributed by atoms with Crippen molar-refractivity contribution in [2.45, 2.75) is 19.5 Å². The van der Waals surface area contributed by atoms with Gasteiger partial charge in [-0.05, 0) is 43.7 Å². The Balaban J connectivity index is 1.72. The van der Waals surface area contributed by atoms with Gasteiger partial charge in [-0.25, -0.2) is 9.78 Å². The van der Waals surface area contributed by atoms with Crippen molar-refractivity contribution < 1.29 is 22.7 Å². The minimum atomic E-state index is -4.49. The topological polar surface area (TPSA) is 69.5 Å². The van der Waals surface area contributed by atoms with Crippen LogP contribution in [0.5, 0.6) is 0 Å². The Kier molecular flexibility index (Phi) is 6.45. The quantitative estimate of drug-likeness (QED) is 0.703. The Morgan fingerprint density at radius 2 is 1.90 bits per heavy atom. The van der Waals surface area contributed by atoms with E-state index in [9.17, 15) is 23.2 Å². The molecule has 1 aromatic heterocycles. The lowest BCUT2D eigenvalue weighted by molar-refractivity contribution is -0.137. The van der Waals surface area contributed by atoms with Crippen LogP contribution >= 0.6 is 0 Å². The minimum absolute atomic E-state index is 0.00943. The van der Waals surface area contributed by atoms with Crippen LogP contribution < -0.4 is 9.80 Å². The normalized spacial score (nSPS) is 14.8. The number of ether oxygens (including phenoxy) is 1. The predicted molar refractivity (Wildman–Crippen MR) is 105 cm³/mol. The first-order valence-corrected chi connectivity index (χ1v) is 9.58. The minimum Gasteiger partial charge on any atom is -0.462 e. The van der Waals surface area contributed by atoms with E-state index in [2.05, 4.69) is 4.98 Å². The van der Waals surface area contributed by atoms with Crippen molar-refractivity contribution in [1.29, 1.82) is 5.26 Å². The van der Waals surface area contributed by atoms with Crippen molar-refractivity contribution in [1.82, 2.24) is 4.98 Å². The number of nitriles is 1. The van der Waals surface area contributed by atoms with Gasteiger partial charge >= 0.3 is 12.1 Å². The second-order valence-corrected chi connectivity index (χ2v) is 6.79. The average molecular weight is 418 g/mol.